The molecule has 4 nitrogen and oxygen atoms in total. The summed E-state index contributed by atoms with van der Waals surface area (Å²) in [7, 11) is 0. The third-order valence-corrected chi connectivity index (χ3v) is 4.57. The normalized spacial score (nSPS) is 16.0. The molecule has 0 saturated carbocycles. The minimum atomic E-state index is 0.0641. The van der Waals surface area contributed by atoms with E-state index in [-0.39, 0.29) is 11.9 Å². The Bertz CT molecular complexity index is 624. The minimum Gasteiger partial charge on any atom is -0.348 e. The minimum absolute atomic E-state index is 0.0641. The Morgan fingerprint density at radius 3 is 2.50 bits per heavy atom. The average molecular weight is 323 g/mol. The van der Waals surface area contributed by atoms with Gasteiger partial charge in [0.2, 0.25) is 5.91 Å². The first-order valence-corrected chi connectivity index (χ1v) is 8.77. The fourth-order valence-corrected chi connectivity index (χ4v) is 3.22. The molecule has 0 spiro atoms. The van der Waals surface area contributed by atoms with Crippen LogP contribution >= 0.6 is 0 Å². The van der Waals surface area contributed by atoms with Crippen molar-refractivity contribution in [2.75, 3.05) is 19.6 Å². The van der Waals surface area contributed by atoms with Gasteiger partial charge in [-0.3, -0.25) is 9.78 Å². The van der Waals surface area contributed by atoms with Crippen molar-refractivity contribution in [1.82, 2.24) is 15.2 Å². The number of benzene rings is 1. The van der Waals surface area contributed by atoms with Crippen molar-refractivity contribution in [2.24, 2.45) is 0 Å². The lowest BCUT2D eigenvalue weighted by Crippen LogP contribution is -2.37. The van der Waals surface area contributed by atoms with Crippen LogP contribution in [0.3, 0.4) is 0 Å². The van der Waals surface area contributed by atoms with E-state index in [9.17, 15) is 4.79 Å². The van der Waals surface area contributed by atoms with Crippen LogP contribution in [0, 0.1) is 0 Å². The van der Waals surface area contributed by atoms with Crippen LogP contribution in [0.2, 0.25) is 0 Å². The van der Waals surface area contributed by atoms with Gasteiger partial charge in [0.25, 0.3) is 0 Å². The van der Waals surface area contributed by atoms with Gasteiger partial charge in [0.05, 0.1) is 6.04 Å². The van der Waals surface area contributed by atoms with E-state index < -0.39 is 0 Å². The largest absolute Gasteiger partial charge is 0.348 e. The molecule has 1 aromatic heterocycles. The van der Waals surface area contributed by atoms with Crippen LogP contribution in [0.25, 0.3) is 0 Å². The van der Waals surface area contributed by atoms with Gasteiger partial charge in [0.1, 0.15) is 0 Å². The second-order valence-corrected chi connectivity index (χ2v) is 6.39. The predicted molar refractivity (Wildman–Crippen MR) is 95.6 cm³/mol. The maximum atomic E-state index is 12.4. The molecule has 1 fully saturated rings. The first kappa shape index (κ1) is 16.7. The van der Waals surface area contributed by atoms with Crippen molar-refractivity contribution in [2.45, 2.75) is 31.7 Å². The summed E-state index contributed by atoms with van der Waals surface area (Å²) in [5.41, 5.74) is 2.33. The van der Waals surface area contributed by atoms with Crippen LogP contribution in [-0.2, 0) is 11.2 Å². The number of aromatic nitrogens is 1. The quantitative estimate of drug-likeness (QED) is 0.852. The summed E-state index contributed by atoms with van der Waals surface area (Å²) >= 11 is 0. The van der Waals surface area contributed by atoms with Gasteiger partial charge >= 0.3 is 0 Å². The number of pyridine rings is 1. The Morgan fingerprint density at radius 2 is 1.79 bits per heavy atom. The van der Waals surface area contributed by atoms with Crippen LogP contribution in [0.1, 0.15) is 36.4 Å². The van der Waals surface area contributed by atoms with Crippen LogP contribution < -0.4 is 5.32 Å². The van der Waals surface area contributed by atoms with Gasteiger partial charge in [-0.25, -0.2) is 0 Å². The molecule has 2 heterocycles. The van der Waals surface area contributed by atoms with Gasteiger partial charge in [-0.1, -0.05) is 30.3 Å². The first-order chi connectivity index (χ1) is 11.8. The second kappa shape index (κ2) is 8.60. The zero-order valence-electron chi connectivity index (χ0n) is 14.0. The van der Waals surface area contributed by atoms with E-state index in [2.05, 4.69) is 27.3 Å². The number of likely N-dealkylation sites (tertiary alicyclic amines) is 1. The summed E-state index contributed by atoms with van der Waals surface area (Å²) in [5, 5.41) is 3.23. The number of nitrogens with zero attached hydrogens (tertiary/aromatic N) is 2. The molecule has 1 amide bonds. The lowest BCUT2D eigenvalue weighted by atomic mass is 10.1. The molecule has 0 bridgehead atoms. The van der Waals surface area contributed by atoms with E-state index in [1.54, 1.807) is 12.4 Å². The Labute approximate surface area is 143 Å². The number of nitrogens with one attached hydrogen (secondary N) is 1. The molecular formula is C20H25N3O. The van der Waals surface area contributed by atoms with Crippen LogP contribution in [-0.4, -0.2) is 35.4 Å². The molecule has 2 aromatic rings. The highest BCUT2D eigenvalue weighted by Gasteiger charge is 2.20. The molecule has 0 aliphatic carbocycles. The highest BCUT2D eigenvalue weighted by atomic mass is 16.1. The first-order valence-electron chi connectivity index (χ1n) is 8.77. The summed E-state index contributed by atoms with van der Waals surface area (Å²) in [5.74, 6) is 0.111. The number of aryl methyl sites for hydroxylation is 1. The maximum absolute atomic E-state index is 12.4. The zero-order valence-corrected chi connectivity index (χ0v) is 14.0. The third kappa shape index (κ3) is 4.90. The van der Waals surface area contributed by atoms with Crippen LogP contribution in [0.15, 0.2) is 54.9 Å². The lowest BCUT2D eigenvalue weighted by molar-refractivity contribution is -0.121. The number of hydrogen-bond acceptors (Lipinski definition) is 3. The summed E-state index contributed by atoms with van der Waals surface area (Å²) in [6.45, 7) is 3.16. The standard InChI is InChI=1S/C20H25N3O/c24-20(9-8-17-10-12-21-13-11-17)22-19(16-23-14-4-5-15-23)18-6-2-1-3-7-18/h1-3,6-7,10-13,19H,4-5,8-9,14-16H2,(H,22,24)/t19-/m1/s1. The van der Waals surface area contributed by atoms with Crippen molar-refractivity contribution in [1.29, 1.82) is 0 Å². The van der Waals surface area contributed by atoms with Crippen molar-refractivity contribution in [3.63, 3.8) is 0 Å². The molecule has 126 valence electrons. The van der Waals surface area contributed by atoms with E-state index in [1.807, 2.05) is 30.3 Å². The average Bonchev–Trinajstić information content (AvgIpc) is 3.14. The molecule has 1 atom stereocenters. The summed E-state index contributed by atoms with van der Waals surface area (Å²) < 4.78 is 0. The fourth-order valence-electron chi connectivity index (χ4n) is 3.22. The SMILES string of the molecule is O=C(CCc1ccncc1)N[C@H](CN1CCCC1)c1ccccc1. The number of carbonyl (C=O) groups is 1. The molecule has 3 rings (SSSR count). The summed E-state index contributed by atoms with van der Waals surface area (Å²) in [6.07, 6.45) is 7.32. The second-order valence-electron chi connectivity index (χ2n) is 6.39. The molecule has 1 aliphatic rings. The Morgan fingerprint density at radius 1 is 1.08 bits per heavy atom. The van der Waals surface area contributed by atoms with Crippen molar-refractivity contribution in [3.8, 4) is 0 Å². The monoisotopic (exact) mass is 323 g/mol. The molecule has 1 aliphatic heterocycles. The van der Waals surface area contributed by atoms with Gasteiger partial charge in [-0.15, -0.1) is 0 Å². The van der Waals surface area contributed by atoms with Crippen molar-refractivity contribution in [3.05, 3.63) is 66.0 Å². The van der Waals surface area contributed by atoms with Gasteiger partial charge in [0.15, 0.2) is 0 Å². The highest BCUT2D eigenvalue weighted by Crippen LogP contribution is 2.18. The van der Waals surface area contributed by atoms with Gasteiger partial charge in [-0.05, 0) is 55.6 Å². The van der Waals surface area contributed by atoms with Crippen LogP contribution in [0.5, 0.6) is 0 Å². The molecule has 24 heavy (non-hydrogen) atoms. The number of rotatable bonds is 7. The molecule has 0 unspecified atom stereocenters. The fraction of sp³-hybridized carbons (Fsp3) is 0.400. The highest BCUT2D eigenvalue weighted by molar-refractivity contribution is 5.76. The molecule has 4 heteroatoms. The number of carbonyl (C=O) groups excluding carboxylic acids is 1. The van der Waals surface area contributed by atoms with Crippen molar-refractivity contribution < 1.29 is 4.79 Å². The molecule has 1 N–H and O–H groups in total. The Hall–Kier alpha value is -2.20. The Balaban J connectivity index is 1.59. The number of amides is 1. The lowest BCUT2D eigenvalue weighted by Gasteiger charge is -2.25. The predicted octanol–water partition coefficient (Wildman–Crippen LogP) is 2.97. The zero-order chi connectivity index (χ0) is 16.6. The summed E-state index contributed by atoms with van der Waals surface area (Å²) in [6, 6.07) is 14.3. The van der Waals surface area contributed by atoms with E-state index in [0.29, 0.717) is 6.42 Å². The third-order valence-electron chi connectivity index (χ3n) is 4.57. The molecule has 0 radical (unpaired) electrons. The summed E-state index contributed by atoms with van der Waals surface area (Å²) in [4.78, 5) is 18.9. The van der Waals surface area contributed by atoms with E-state index >= 15 is 0 Å². The smallest absolute Gasteiger partial charge is 0.220 e. The molecule has 1 aromatic carbocycles. The maximum Gasteiger partial charge on any atom is 0.220 e. The Kier molecular flexibility index (Phi) is 5.96. The topological polar surface area (TPSA) is 45.2 Å². The van der Waals surface area contributed by atoms with E-state index in [1.165, 1.54) is 18.4 Å². The van der Waals surface area contributed by atoms with Gasteiger partial charge in [-0.2, -0.15) is 0 Å². The molecule has 1 saturated heterocycles. The van der Waals surface area contributed by atoms with E-state index in [4.69, 9.17) is 0 Å². The van der Waals surface area contributed by atoms with Gasteiger partial charge < -0.3 is 10.2 Å². The van der Waals surface area contributed by atoms with E-state index in [0.717, 1.165) is 31.6 Å². The number of hydrogen-bond donors (Lipinski definition) is 1. The van der Waals surface area contributed by atoms with Crippen molar-refractivity contribution >= 4 is 5.91 Å². The molecular weight excluding hydrogens is 298 g/mol. The van der Waals surface area contributed by atoms with Gasteiger partial charge in [0, 0.05) is 25.4 Å². The van der Waals surface area contributed by atoms with Crippen LogP contribution in [0.4, 0.5) is 0 Å².